The summed E-state index contributed by atoms with van der Waals surface area (Å²) in [7, 11) is 0. The molecule has 0 bridgehead atoms. The standard InChI is InChI=1S/C52H33NOS/c1-3-14-34(15-4-1)36-16-11-17-37(32-36)46-33-47-44-24-12-23-40(50(44)54-51(47)43-22-8-7-20-41(43)46)35-28-30-39(31-29-35)53(38-18-5-2-6-19-38)48-26-13-25-45-42-21-9-10-27-49(42)55-52(45)48/h1-33H. The minimum Gasteiger partial charge on any atom is -0.455 e. The lowest BCUT2D eigenvalue weighted by Crippen LogP contribution is -2.09. The summed E-state index contributed by atoms with van der Waals surface area (Å²) in [6.07, 6.45) is 0. The topological polar surface area (TPSA) is 16.4 Å². The molecule has 0 aliphatic carbocycles. The van der Waals surface area contributed by atoms with E-state index in [1.54, 1.807) is 0 Å². The van der Waals surface area contributed by atoms with Gasteiger partial charge in [-0.3, -0.25) is 0 Å². The highest BCUT2D eigenvalue weighted by atomic mass is 32.1. The minimum absolute atomic E-state index is 0.903. The zero-order chi connectivity index (χ0) is 36.3. The number of thiophene rings is 1. The summed E-state index contributed by atoms with van der Waals surface area (Å²) in [5.74, 6) is 0. The van der Waals surface area contributed by atoms with Gasteiger partial charge in [-0.05, 0) is 81.7 Å². The van der Waals surface area contributed by atoms with Gasteiger partial charge in [0.25, 0.3) is 0 Å². The highest BCUT2D eigenvalue weighted by molar-refractivity contribution is 7.26. The van der Waals surface area contributed by atoms with Crippen LogP contribution in [0.15, 0.2) is 205 Å². The van der Waals surface area contributed by atoms with Gasteiger partial charge in [-0.25, -0.2) is 0 Å². The van der Waals surface area contributed by atoms with Crippen LogP contribution in [0, 0.1) is 0 Å². The molecule has 55 heavy (non-hydrogen) atoms. The molecule has 0 saturated heterocycles. The molecule has 0 spiro atoms. The fourth-order valence-corrected chi connectivity index (χ4v) is 9.49. The van der Waals surface area contributed by atoms with E-state index in [9.17, 15) is 0 Å². The lowest BCUT2D eigenvalue weighted by Gasteiger charge is -2.26. The van der Waals surface area contributed by atoms with Crippen LogP contribution in [-0.4, -0.2) is 0 Å². The van der Waals surface area contributed by atoms with Crippen molar-refractivity contribution in [3.8, 4) is 33.4 Å². The van der Waals surface area contributed by atoms with Crippen molar-refractivity contribution in [3.63, 3.8) is 0 Å². The zero-order valence-corrected chi connectivity index (χ0v) is 30.6. The van der Waals surface area contributed by atoms with Crippen molar-refractivity contribution in [1.29, 1.82) is 0 Å². The van der Waals surface area contributed by atoms with Crippen LogP contribution in [0.2, 0.25) is 0 Å². The molecule has 2 heterocycles. The SMILES string of the molecule is c1ccc(-c2cccc(-c3cc4c5cccc(-c6ccc(N(c7ccccc7)c7cccc8c7sc7ccccc78)cc6)c5oc4c4ccccc34)c2)cc1. The van der Waals surface area contributed by atoms with Gasteiger partial charge in [-0.1, -0.05) is 152 Å². The van der Waals surface area contributed by atoms with Gasteiger partial charge in [-0.2, -0.15) is 0 Å². The van der Waals surface area contributed by atoms with E-state index in [1.807, 2.05) is 11.3 Å². The molecular formula is C52H33NOS. The molecule has 2 nitrogen and oxygen atoms in total. The largest absolute Gasteiger partial charge is 0.455 e. The van der Waals surface area contributed by atoms with E-state index in [0.717, 1.165) is 49.8 Å². The second-order valence-corrected chi connectivity index (χ2v) is 15.1. The molecule has 9 aromatic carbocycles. The second-order valence-electron chi connectivity index (χ2n) is 14.0. The third-order valence-corrected chi connectivity index (χ3v) is 12.1. The third-order valence-electron chi connectivity index (χ3n) is 10.9. The molecule has 0 amide bonds. The van der Waals surface area contributed by atoms with Crippen molar-refractivity contribution < 1.29 is 4.42 Å². The molecule has 0 atom stereocenters. The molecule has 0 aliphatic rings. The van der Waals surface area contributed by atoms with Crippen LogP contribution in [-0.2, 0) is 0 Å². The van der Waals surface area contributed by atoms with E-state index in [2.05, 4.69) is 205 Å². The van der Waals surface area contributed by atoms with E-state index in [-0.39, 0.29) is 0 Å². The fourth-order valence-electron chi connectivity index (χ4n) is 8.29. The zero-order valence-electron chi connectivity index (χ0n) is 29.8. The maximum Gasteiger partial charge on any atom is 0.143 e. The Morgan fingerprint density at radius 1 is 0.345 bits per heavy atom. The first-order chi connectivity index (χ1) is 27.3. The smallest absolute Gasteiger partial charge is 0.143 e. The van der Waals surface area contributed by atoms with Crippen LogP contribution in [0.4, 0.5) is 17.1 Å². The summed E-state index contributed by atoms with van der Waals surface area (Å²) in [5.41, 5.74) is 12.2. The summed E-state index contributed by atoms with van der Waals surface area (Å²) in [5, 5.41) is 7.12. The number of hydrogen-bond donors (Lipinski definition) is 0. The summed E-state index contributed by atoms with van der Waals surface area (Å²) in [4.78, 5) is 2.38. The van der Waals surface area contributed by atoms with Crippen LogP contribution < -0.4 is 4.90 Å². The molecule has 3 heteroatoms. The lowest BCUT2D eigenvalue weighted by molar-refractivity contribution is 0.674. The van der Waals surface area contributed by atoms with Gasteiger partial charge in [-0.15, -0.1) is 11.3 Å². The Morgan fingerprint density at radius 2 is 0.945 bits per heavy atom. The second kappa shape index (κ2) is 12.9. The molecule has 0 radical (unpaired) electrons. The number of para-hydroxylation sites is 2. The van der Waals surface area contributed by atoms with E-state index in [1.165, 1.54) is 53.5 Å². The molecule has 0 aliphatic heterocycles. The molecule has 258 valence electrons. The number of fused-ring (bicyclic) bond motifs is 8. The van der Waals surface area contributed by atoms with E-state index in [4.69, 9.17) is 4.42 Å². The van der Waals surface area contributed by atoms with Gasteiger partial charge in [0.05, 0.1) is 10.4 Å². The van der Waals surface area contributed by atoms with Crippen LogP contribution in [0.1, 0.15) is 0 Å². The van der Waals surface area contributed by atoms with Crippen molar-refractivity contribution >= 4 is 81.3 Å². The quantitative estimate of drug-likeness (QED) is 0.170. The van der Waals surface area contributed by atoms with Crippen LogP contribution >= 0.6 is 11.3 Å². The molecule has 11 rings (SSSR count). The summed E-state index contributed by atoms with van der Waals surface area (Å²) in [6, 6.07) is 71.9. The Balaban J connectivity index is 1.04. The lowest BCUT2D eigenvalue weighted by atomic mass is 9.93. The van der Waals surface area contributed by atoms with Crippen molar-refractivity contribution in [2.45, 2.75) is 0 Å². The van der Waals surface area contributed by atoms with Crippen LogP contribution in [0.25, 0.3) is 86.3 Å². The Labute approximate surface area is 322 Å². The average molecular weight is 720 g/mol. The van der Waals surface area contributed by atoms with Gasteiger partial charge < -0.3 is 9.32 Å². The van der Waals surface area contributed by atoms with Crippen LogP contribution in [0.5, 0.6) is 0 Å². The average Bonchev–Trinajstić information content (AvgIpc) is 3.84. The summed E-state index contributed by atoms with van der Waals surface area (Å²) in [6.45, 7) is 0. The molecule has 0 unspecified atom stereocenters. The highest BCUT2D eigenvalue weighted by Crippen LogP contribution is 2.46. The summed E-state index contributed by atoms with van der Waals surface area (Å²) < 4.78 is 9.50. The van der Waals surface area contributed by atoms with Crippen molar-refractivity contribution in [2.24, 2.45) is 0 Å². The molecule has 11 aromatic rings. The maximum atomic E-state index is 6.92. The normalized spacial score (nSPS) is 11.6. The van der Waals surface area contributed by atoms with Gasteiger partial charge in [0, 0.05) is 48.6 Å². The van der Waals surface area contributed by atoms with E-state index >= 15 is 0 Å². The minimum atomic E-state index is 0.903. The highest BCUT2D eigenvalue weighted by Gasteiger charge is 2.20. The number of furan rings is 1. The van der Waals surface area contributed by atoms with Gasteiger partial charge in [0.1, 0.15) is 11.2 Å². The van der Waals surface area contributed by atoms with Gasteiger partial charge in [0.2, 0.25) is 0 Å². The van der Waals surface area contributed by atoms with E-state index in [0.29, 0.717) is 0 Å². The predicted molar refractivity (Wildman–Crippen MR) is 235 cm³/mol. The van der Waals surface area contributed by atoms with Crippen molar-refractivity contribution in [2.75, 3.05) is 4.90 Å². The fraction of sp³-hybridized carbons (Fsp3) is 0. The first kappa shape index (κ1) is 31.6. The number of anilines is 3. The number of hydrogen-bond acceptors (Lipinski definition) is 3. The Kier molecular flexibility index (Phi) is 7.39. The Bertz CT molecular complexity index is 3190. The Morgan fingerprint density at radius 3 is 1.78 bits per heavy atom. The van der Waals surface area contributed by atoms with Crippen LogP contribution in [0.3, 0.4) is 0 Å². The Hall–Kier alpha value is -6.94. The maximum absolute atomic E-state index is 6.92. The third kappa shape index (κ3) is 5.24. The van der Waals surface area contributed by atoms with Gasteiger partial charge in [0.15, 0.2) is 0 Å². The molecule has 0 N–H and O–H groups in total. The first-order valence-corrected chi connectivity index (χ1v) is 19.5. The van der Waals surface area contributed by atoms with Crippen molar-refractivity contribution in [1.82, 2.24) is 0 Å². The molecule has 2 aromatic heterocycles. The monoisotopic (exact) mass is 719 g/mol. The van der Waals surface area contributed by atoms with E-state index < -0.39 is 0 Å². The predicted octanol–water partition coefficient (Wildman–Crippen LogP) is 15.6. The number of rotatable bonds is 6. The van der Waals surface area contributed by atoms with Crippen molar-refractivity contribution in [3.05, 3.63) is 200 Å². The molecular weight excluding hydrogens is 687 g/mol. The molecule has 0 fully saturated rings. The summed E-state index contributed by atoms with van der Waals surface area (Å²) >= 11 is 1.85. The molecule has 0 saturated carbocycles. The first-order valence-electron chi connectivity index (χ1n) is 18.7. The van der Waals surface area contributed by atoms with Gasteiger partial charge >= 0.3 is 0 Å². The number of benzene rings is 9. The number of nitrogens with zero attached hydrogens (tertiary/aromatic N) is 1.